The van der Waals surface area contributed by atoms with Gasteiger partial charge >= 0.3 is 0 Å². The van der Waals surface area contributed by atoms with Crippen molar-refractivity contribution in [2.24, 2.45) is 0 Å². The maximum atomic E-state index is 12.3. The number of nitrogens with zero attached hydrogens (tertiary/aromatic N) is 2. The number of thiophene rings is 1. The van der Waals surface area contributed by atoms with Crippen LogP contribution in [0.2, 0.25) is 0 Å². The van der Waals surface area contributed by atoms with E-state index in [2.05, 4.69) is 21.8 Å². The van der Waals surface area contributed by atoms with Crippen LogP contribution in [-0.2, 0) is 4.74 Å². The van der Waals surface area contributed by atoms with Gasteiger partial charge in [-0.15, -0.1) is 11.3 Å². The van der Waals surface area contributed by atoms with Gasteiger partial charge in [0.05, 0.1) is 24.6 Å². The molecule has 1 fully saturated rings. The van der Waals surface area contributed by atoms with Crippen LogP contribution in [0.4, 0.5) is 0 Å². The molecule has 0 radical (unpaired) electrons. The van der Waals surface area contributed by atoms with Crippen LogP contribution < -0.4 is 5.56 Å². The topological polar surface area (TPSA) is 58.2 Å². The Balaban J connectivity index is 2.01. The molecule has 0 aromatic carbocycles. The highest BCUT2D eigenvalue weighted by Gasteiger charge is 2.22. The zero-order valence-corrected chi connectivity index (χ0v) is 12.8. The molecule has 3 heterocycles. The SMILES string of the molecule is Cc1sc2nc(C(C)N3CCOCC3)[nH]c(=O)c2c1C. The maximum Gasteiger partial charge on any atom is 0.259 e. The molecule has 1 atom stereocenters. The summed E-state index contributed by atoms with van der Waals surface area (Å²) in [6.07, 6.45) is 0. The van der Waals surface area contributed by atoms with Gasteiger partial charge in [0.15, 0.2) is 0 Å². The smallest absolute Gasteiger partial charge is 0.259 e. The molecule has 1 aliphatic heterocycles. The number of morpholine rings is 1. The van der Waals surface area contributed by atoms with E-state index in [0.717, 1.165) is 52.8 Å². The van der Waals surface area contributed by atoms with E-state index in [0.29, 0.717) is 0 Å². The lowest BCUT2D eigenvalue weighted by atomic mass is 10.2. The molecule has 3 rings (SSSR count). The Morgan fingerprint density at radius 2 is 2.05 bits per heavy atom. The lowest BCUT2D eigenvalue weighted by molar-refractivity contribution is 0.0182. The number of nitrogens with one attached hydrogen (secondary N) is 1. The van der Waals surface area contributed by atoms with Crippen LogP contribution >= 0.6 is 11.3 Å². The van der Waals surface area contributed by atoms with Crippen molar-refractivity contribution < 1.29 is 4.74 Å². The van der Waals surface area contributed by atoms with Crippen molar-refractivity contribution in [3.63, 3.8) is 0 Å². The van der Waals surface area contributed by atoms with E-state index in [1.807, 2.05) is 13.8 Å². The van der Waals surface area contributed by atoms with Crippen LogP contribution in [0.1, 0.15) is 29.2 Å². The standard InChI is InChI=1S/C14H19N3O2S/c1-8-10(3)20-14-11(8)13(18)15-12(16-14)9(2)17-4-6-19-7-5-17/h9H,4-7H2,1-3H3,(H,15,16,18). The van der Waals surface area contributed by atoms with Crippen molar-refractivity contribution in [2.75, 3.05) is 26.3 Å². The van der Waals surface area contributed by atoms with Crippen LogP contribution in [-0.4, -0.2) is 41.2 Å². The van der Waals surface area contributed by atoms with Crippen molar-refractivity contribution in [1.29, 1.82) is 0 Å². The molecular formula is C14H19N3O2S. The average Bonchev–Trinajstić information content (AvgIpc) is 2.74. The Bertz CT molecular complexity index is 686. The summed E-state index contributed by atoms with van der Waals surface area (Å²) in [7, 11) is 0. The molecule has 0 saturated carbocycles. The Hall–Kier alpha value is -1.24. The average molecular weight is 293 g/mol. The van der Waals surface area contributed by atoms with Gasteiger partial charge in [0, 0.05) is 18.0 Å². The maximum absolute atomic E-state index is 12.3. The second-order valence-electron chi connectivity index (χ2n) is 5.24. The normalized spacial score (nSPS) is 18.6. The number of hydrogen-bond donors (Lipinski definition) is 1. The summed E-state index contributed by atoms with van der Waals surface area (Å²) in [6.45, 7) is 9.35. The summed E-state index contributed by atoms with van der Waals surface area (Å²) in [5.74, 6) is 0.755. The largest absolute Gasteiger partial charge is 0.379 e. The number of ether oxygens (including phenoxy) is 1. The van der Waals surface area contributed by atoms with Crippen LogP contribution in [0.3, 0.4) is 0 Å². The molecule has 108 valence electrons. The number of aromatic amines is 1. The van der Waals surface area contributed by atoms with Crippen molar-refractivity contribution >= 4 is 21.6 Å². The molecule has 1 unspecified atom stereocenters. The molecule has 2 aromatic heterocycles. The highest BCUT2D eigenvalue weighted by atomic mass is 32.1. The first-order valence-electron chi connectivity index (χ1n) is 6.89. The summed E-state index contributed by atoms with van der Waals surface area (Å²) in [5, 5.41) is 0.741. The highest BCUT2D eigenvalue weighted by Crippen LogP contribution is 2.27. The van der Waals surface area contributed by atoms with Crippen LogP contribution in [0.5, 0.6) is 0 Å². The van der Waals surface area contributed by atoms with Crippen LogP contribution in [0, 0.1) is 13.8 Å². The van der Waals surface area contributed by atoms with Crippen molar-refractivity contribution in [2.45, 2.75) is 26.8 Å². The van der Waals surface area contributed by atoms with Gasteiger partial charge in [-0.3, -0.25) is 9.69 Å². The minimum absolute atomic E-state index is 0.0213. The van der Waals surface area contributed by atoms with Gasteiger partial charge in [0.2, 0.25) is 0 Å². The summed E-state index contributed by atoms with van der Waals surface area (Å²) in [4.78, 5) is 24.2. The number of rotatable bonds is 2. The Labute approximate surface area is 121 Å². The molecule has 1 saturated heterocycles. The number of aromatic nitrogens is 2. The fourth-order valence-corrected chi connectivity index (χ4v) is 3.64. The Morgan fingerprint density at radius 3 is 2.75 bits per heavy atom. The van der Waals surface area contributed by atoms with E-state index in [1.54, 1.807) is 11.3 Å². The first-order chi connectivity index (χ1) is 9.58. The molecule has 5 nitrogen and oxygen atoms in total. The predicted octanol–water partition coefficient (Wildman–Crippen LogP) is 1.99. The third-order valence-electron chi connectivity index (χ3n) is 4.05. The van der Waals surface area contributed by atoms with Crippen LogP contribution in [0.15, 0.2) is 4.79 Å². The third kappa shape index (κ3) is 2.28. The van der Waals surface area contributed by atoms with Gasteiger partial charge in [0.1, 0.15) is 10.7 Å². The van der Waals surface area contributed by atoms with E-state index in [1.165, 1.54) is 0 Å². The summed E-state index contributed by atoms with van der Waals surface area (Å²) < 4.78 is 5.37. The number of H-pyrrole nitrogens is 1. The number of fused-ring (bicyclic) bond motifs is 1. The molecule has 6 heteroatoms. The zero-order chi connectivity index (χ0) is 14.3. The molecule has 0 bridgehead atoms. The lowest BCUT2D eigenvalue weighted by Crippen LogP contribution is -2.39. The fraction of sp³-hybridized carbons (Fsp3) is 0.571. The Morgan fingerprint density at radius 1 is 1.35 bits per heavy atom. The van der Waals surface area contributed by atoms with Gasteiger partial charge in [-0.1, -0.05) is 0 Å². The molecule has 1 aliphatic rings. The Kier molecular flexibility index (Phi) is 3.62. The number of aryl methyl sites for hydroxylation is 2. The fourth-order valence-electron chi connectivity index (χ4n) is 2.61. The third-order valence-corrected chi connectivity index (χ3v) is 5.15. The molecular weight excluding hydrogens is 274 g/mol. The van der Waals surface area contributed by atoms with Gasteiger partial charge in [-0.05, 0) is 26.3 Å². The van der Waals surface area contributed by atoms with Crippen molar-refractivity contribution in [1.82, 2.24) is 14.9 Å². The minimum Gasteiger partial charge on any atom is -0.379 e. The van der Waals surface area contributed by atoms with Crippen molar-refractivity contribution in [3.8, 4) is 0 Å². The second-order valence-corrected chi connectivity index (χ2v) is 6.44. The summed E-state index contributed by atoms with van der Waals surface area (Å²) in [6, 6.07) is 0.110. The predicted molar refractivity (Wildman–Crippen MR) is 80.5 cm³/mol. The highest BCUT2D eigenvalue weighted by molar-refractivity contribution is 7.18. The monoisotopic (exact) mass is 293 g/mol. The van der Waals surface area contributed by atoms with Gasteiger partial charge in [-0.25, -0.2) is 4.98 Å². The quantitative estimate of drug-likeness (QED) is 0.920. The molecule has 0 amide bonds. The number of hydrogen-bond acceptors (Lipinski definition) is 5. The minimum atomic E-state index is -0.0213. The molecule has 20 heavy (non-hydrogen) atoms. The summed E-state index contributed by atoms with van der Waals surface area (Å²) in [5.41, 5.74) is 1.02. The first-order valence-corrected chi connectivity index (χ1v) is 7.71. The molecule has 1 N–H and O–H groups in total. The summed E-state index contributed by atoms with van der Waals surface area (Å²) >= 11 is 1.60. The van der Waals surface area contributed by atoms with Crippen molar-refractivity contribution in [3.05, 3.63) is 26.6 Å². The van der Waals surface area contributed by atoms with Crippen LogP contribution in [0.25, 0.3) is 10.2 Å². The van der Waals surface area contributed by atoms with E-state index >= 15 is 0 Å². The van der Waals surface area contributed by atoms with Gasteiger partial charge in [-0.2, -0.15) is 0 Å². The molecule has 2 aromatic rings. The first kappa shape index (κ1) is 13.7. The van der Waals surface area contributed by atoms with E-state index in [4.69, 9.17) is 4.74 Å². The van der Waals surface area contributed by atoms with E-state index < -0.39 is 0 Å². The van der Waals surface area contributed by atoms with Gasteiger partial charge < -0.3 is 9.72 Å². The van der Waals surface area contributed by atoms with Gasteiger partial charge in [0.25, 0.3) is 5.56 Å². The molecule has 0 spiro atoms. The van der Waals surface area contributed by atoms with E-state index in [9.17, 15) is 4.79 Å². The lowest BCUT2D eigenvalue weighted by Gasteiger charge is -2.31. The molecule has 0 aliphatic carbocycles. The second kappa shape index (κ2) is 5.27. The van der Waals surface area contributed by atoms with E-state index in [-0.39, 0.29) is 11.6 Å². The zero-order valence-electron chi connectivity index (χ0n) is 12.0.